The molecule has 0 saturated heterocycles. The molecular formula is C22H21ClN2O3S. The van der Waals surface area contributed by atoms with Crippen molar-refractivity contribution in [3.63, 3.8) is 0 Å². The minimum Gasteiger partial charge on any atom is -0.323 e. The summed E-state index contributed by atoms with van der Waals surface area (Å²) in [6, 6.07) is 22.1. The van der Waals surface area contributed by atoms with Crippen molar-refractivity contribution in [3.05, 3.63) is 89.4 Å². The molecule has 0 aliphatic carbocycles. The van der Waals surface area contributed by atoms with E-state index in [-0.39, 0.29) is 11.4 Å². The van der Waals surface area contributed by atoms with E-state index in [4.69, 9.17) is 11.6 Å². The summed E-state index contributed by atoms with van der Waals surface area (Å²) >= 11 is 6.11. The Bertz CT molecular complexity index is 1100. The van der Waals surface area contributed by atoms with Crippen LogP contribution >= 0.6 is 11.6 Å². The fourth-order valence-corrected chi connectivity index (χ4v) is 4.62. The summed E-state index contributed by atoms with van der Waals surface area (Å²) < 4.78 is 27.9. The monoisotopic (exact) mass is 428 g/mol. The Labute approximate surface area is 176 Å². The summed E-state index contributed by atoms with van der Waals surface area (Å²) in [5.74, 6) is -0.483. The molecule has 0 fully saturated rings. The van der Waals surface area contributed by atoms with E-state index in [1.165, 1.54) is 12.1 Å². The van der Waals surface area contributed by atoms with Crippen molar-refractivity contribution in [2.75, 3.05) is 16.2 Å². The van der Waals surface area contributed by atoms with E-state index in [0.29, 0.717) is 22.8 Å². The molecule has 29 heavy (non-hydrogen) atoms. The number of nitrogens with one attached hydrogen (secondary N) is 1. The van der Waals surface area contributed by atoms with Gasteiger partial charge in [-0.3, -0.25) is 9.10 Å². The van der Waals surface area contributed by atoms with E-state index in [1.54, 1.807) is 54.6 Å². The first-order valence-corrected chi connectivity index (χ1v) is 11.0. The Kier molecular flexibility index (Phi) is 6.56. The third-order valence-corrected chi connectivity index (χ3v) is 6.51. The number of hydrogen-bond donors (Lipinski definition) is 1. The topological polar surface area (TPSA) is 66.5 Å². The van der Waals surface area contributed by atoms with Gasteiger partial charge in [-0.25, -0.2) is 8.42 Å². The SMILES string of the molecule is CCc1ccccc1N(CC(=O)Nc1ccccc1Cl)S(=O)(=O)c1ccccc1. The maximum Gasteiger partial charge on any atom is 0.264 e. The van der Waals surface area contributed by atoms with Crippen LogP contribution in [0.15, 0.2) is 83.8 Å². The molecule has 0 atom stereocenters. The Morgan fingerprint density at radius 3 is 2.24 bits per heavy atom. The molecule has 0 bridgehead atoms. The normalized spacial score (nSPS) is 11.1. The fourth-order valence-electron chi connectivity index (χ4n) is 2.96. The summed E-state index contributed by atoms with van der Waals surface area (Å²) in [6.45, 7) is 1.56. The lowest BCUT2D eigenvalue weighted by molar-refractivity contribution is -0.114. The summed E-state index contributed by atoms with van der Waals surface area (Å²) in [5, 5.41) is 3.08. The minimum absolute atomic E-state index is 0.122. The average Bonchev–Trinajstić information content (AvgIpc) is 2.74. The first kappa shape index (κ1) is 20.9. The molecule has 1 amide bonds. The van der Waals surface area contributed by atoms with Gasteiger partial charge in [0.2, 0.25) is 5.91 Å². The molecule has 0 radical (unpaired) electrons. The second-order valence-electron chi connectivity index (χ2n) is 6.34. The number of halogens is 1. The van der Waals surface area contributed by atoms with E-state index in [9.17, 15) is 13.2 Å². The highest BCUT2D eigenvalue weighted by molar-refractivity contribution is 7.92. The third-order valence-electron chi connectivity index (χ3n) is 4.41. The molecule has 0 saturated carbocycles. The smallest absolute Gasteiger partial charge is 0.264 e. The van der Waals surface area contributed by atoms with Crippen LogP contribution in [-0.2, 0) is 21.2 Å². The van der Waals surface area contributed by atoms with Crippen LogP contribution in [-0.4, -0.2) is 20.9 Å². The summed E-state index contributed by atoms with van der Waals surface area (Å²) in [4.78, 5) is 12.9. The largest absolute Gasteiger partial charge is 0.323 e. The Balaban J connectivity index is 1.99. The molecule has 3 aromatic rings. The highest BCUT2D eigenvalue weighted by atomic mass is 35.5. The number of para-hydroxylation sites is 2. The molecule has 0 spiro atoms. The number of amides is 1. The van der Waals surface area contributed by atoms with Gasteiger partial charge >= 0.3 is 0 Å². The number of carbonyl (C=O) groups is 1. The van der Waals surface area contributed by atoms with Crippen LogP contribution in [0.3, 0.4) is 0 Å². The number of benzene rings is 3. The second kappa shape index (κ2) is 9.11. The first-order valence-electron chi connectivity index (χ1n) is 9.13. The maximum absolute atomic E-state index is 13.4. The van der Waals surface area contributed by atoms with Crippen molar-refractivity contribution < 1.29 is 13.2 Å². The highest BCUT2D eigenvalue weighted by Crippen LogP contribution is 2.28. The van der Waals surface area contributed by atoms with Gasteiger partial charge in [0, 0.05) is 0 Å². The number of sulfonamides is 1. The number of aryl methyl sites for hydroxylation is 1. The van der Waals surface area contributed by atoms with Crippen molar-refractivity contribution in [1.29, 1.82) is 0 Å². The maximum atomic E-state index is 13.4. The van der Waals surface area contributed by atoms with Gasteiger partial charge in [0.25, 0.3) is 10.0 Å². The van der Waals surface area contributed by atoms with E-state index in [1.807, 2.05) is 19.1 Å². The summed E-state index contributed by atoms with van der Waals surface area (Å²) in [5.41, 5.74) is 1.74. The Hall–Kier alpha value is -2.83. The van der Waals surface area contributed by atoms with Crippen LogP contribution in [0.4, 0.5) is 11.4 Å². The van der Waals surface area contributed by atoms with Crippen LogP contribution in [0.5, 0.6) is 0 Å². The predicted molar refractivity (Wildman–Crippen MR) is 117 cm³/mol. The highest BCUT2D eigenvalue weighted by Gasteiger charge is 2.28. The third kappa shape index (κ3) is 4.78. The number of carbonyl (C=O) groups excluding carboxylic acids is 1. The first-order chi connectivity index (χ1) is 13.9. The van der Waals surface area contributed by atoms with Crippen molar-refractivity contribution in [2.45, 2.75) is 18.2 Å². The van der Waals surface area contributed by atoms with Crippen molar-refractivity contribution in [2.24, 2.45) is 0 Å². The van der Waals surface area contributed by atoms with Crippen molar-refractivity contribution in [3.8, 4) is 0 Å². The van der Waals surface area contributed by atoms with E-state index < -0.39 is 15.9 Å². The van der Waals surface area contributed by atoms with Gasteiger partial charge in [0.05, 0.1) is 21.3 Å². The Morgan fingerprint density at radius 1 is 0.931 bits per heavy atom. The molecule has 3 aromatic carbocycles. The molecule has 0 unspecified atom stereocenters. The molecule has 150 valence electrons. The van der Waals surface area contributed by atoms with Gasteiger partial charge in [-0.05, 0) is 42.3 Å². The van der Waals surface area contributed by atoms with Gasteiger partial charge in [-0.2, -0.15) is 0 Å². The van der Waals surface area contributed by atoms with Gasteiger partial charge in [-0.15, -0.1) is 0 Å². The van der Waals surface area contributed by atoms with Crippen molar-refractivity contribution >= 4 is 38.9 Å². The quantitative estimate of drug-likeness (QED) is 0.591. The molecule has 5 nitrogen and oxygen atoms in total. The van der Waals surface area contributed by atoms with Crippen LogP contribution in [0, 0.1) is 0 Å². The van der Waals surface area contributed by atoms with E-state index >= 15 is 0 Å². The van der Waals surface area contributed by atoms with Crippen LogP contribution in [0.1, 0.15) is 12.5 Å². The summed E-state index contributed by atoms with van der Waals surface area (Å²) in [7, 11) is -3.94. The zero-order valence-corrected chi connectivity index (χ0v) is 17.5. The molecular weight excluding hydrogens is 408 g/mol. The zero-order chi connectivity index (χ0) is 20.9. The average molecular weight is 429 g/mol. The van der Waals surface area contributed by atoms with Crippen LogP contribution in [0.25, 0.3) is 0 Å². The molecule has 7 heteroatoms. The molecule has 3 rings (SSSR count). The summed E-state index contributed by atoms with van der Waals surface area (Å²) in [6.07, 6.45) is 0.628. The molecule has 0 aliphatic rings. The van der Waals surface area contributed by atoms with E-state index in [0.717, 1.165) is 9.87 Å². The molecule has 0 heterocycles. The standard InChI is InChI=1S/C22H21ClN2O3S/c1-2-17-10-6-9-15-21(17)25(29(27,28)18-11-4-3-5-12-18)16-22(26)24-20-14-8-7-13-19(20)23/h3-15H,2,16H2,1H3,(H,24,26). The zero-order valence-electron chi connectivity index (χ0n) is 15.9. The van der Waals surface area contributed by atoms with Crippen LogP contribution in [0.2, 0.25) is 5.02 Å². The number of rotatable bonds is 7. The van der Waals surface area contributed by atoms with Crippen LogP contribution < -0.4 is 9.62 Å². The lowest BCUT2D eigenvalue weighted by Crippen LogP contribution is -2.38. The lowest BCUT2D eigenvalue weighted by atomic mass is 10.1. The minimum atomic E-state index is -3.94. The molecule has 0 aliphatic heterocycles. The number of nitrogens with zero attached hydrogens (tertiary/aromatic N) is 1. The van der Waals surface area contributed by atoms with E-state index in [2.05, 4.69) is 5.32 Å². The molecule has 1 N–H and O–H groups in total. The van der Waals surface area contributed by atoms with Crippen molar-refractivity contribution in [1.82, 2.24) is 0 Å². The van der Waals surface area contributed by atoms with Gasteiger partial charge < -0.3 is 5.32 Å². The second-order valence-corrected chi connectivity index (χ2v) is 8.60. The number of hydrogen-bond acceptors (Lipinski definition) is 3. The Morgan fingerprint density at radius 2 is 1.55 bits per heavy atom. The van der Waals surface area contributed by atoms with Gasteiger partial charge in [0.15, 0.2) is 0 Å². The fraction of sp³-hybridized carbons (Fsp3) is 0.136. The predicted octanol–water partition coefficient (Wildman–Crippen LogP) is 4.74. The van der Waals surface area contributed by atoms with Gasteiger partial charge in [0.1, 0.15) is 6.54 Å². The lowest BCUT2D eigenvalue weighted by Gasteiger charge is -2.26. The molecule has 0 aromatic heterocycles. The number of anilines is 2. The van der Waals surface area contributed by atoms with Gasteiger partial charge in [-0.1, -0.05) is 67.1 Å².